The highest BCUT2D eigenvalue weighted by Crippen LogP contribution is 2.20. The van der Waals surface area contributed by atoms with Crippen molar-refractivity contribution in [3.8, 4) is 0 Å². The van der Waals surface area contributed by atoms with Crippen molar-refractivity contribution >= 4 is 11.3 Å². The van der Waals surface area contributed by atoms with Crippen LogP contribution in [-0.2, 0) is 6.42 Å². The minimum absolute atomic E-state index is 0.493. The molecule has 0 radical (unpaired) electrons. The summed E-state index contributed by atoms with van der Waals surface area (Å²) in [6.07, 6.45) is 3.56. The Labute approximate surface area is 92.5 Å². The van der Waals surface area contributed by atoms with E-state index in [0.717, 1.165) is 16.1 Å². The average molecular weight is 220 g/mol. The Morgan fingerprint density at radius 2 is 2.27 bits per heavy atom. The fourth-order valence-corrected chi connectivity index (χ4v) is 1.91. The van der Waals surface area contributed by atoms with E-state index in [2.05, 4.69) is 9.97 Å². The van der Waals surface area contributed by atoms with E-state index in [1.807, 2.05) is 25.3 Å². The molecule has 2 rings (SSSR count). The lowest BCUT2D eigenvalue weighted by atomic mass is 10.1. The minimum Gasteiger partial charge on any atom is -0.387 e. The number of nitrogens with zero attached hydrogens (tertiary/aromatic N) is 2. The second-order valence-corrected chi connectivity index (χ2v) is 4.37. The molecule has 0 aliphatic heterocycles. The van der Waals surface area contributed by atoms with E-state index in [1.165, 1.54) is 11.3 Å². The van der Waals surface area contributed by atoms with Crippen molar-refractivity contribution in [3.05, 3.63) is 46.2 Å². The number of hydrogen-bond donors (Lipinski definition) is 1. The number of aromatic nitrogens is 2. The largest absolute Gasteiger partial charge is 0.387 e. The van der Waals surface area contributed by atoms with Gasteiger partial charge in [0.05, 0.1) is 16.5 Å². The molecule has 78 valence electrons. The molecule has 0 bridgehead atoms. The molecule has 1 atom stereocenters. The molecule has 1 N–H and O–H groups in total. The zero-order valence-electron chi connectivity index (χ0n) is 8.42. The first-order valence-electron chi connectivity index (χ1n) is 4.73. The molecular formula is C11H12N2OS. The second-order valence-electron chi connectivity index (χ2n) is 3.45. The molecule has 0 fully saturated rings. The van der Waals surface area contributed by atoms with Crippen LogP contribution in [0.1, 0.15) is 22.2 Å². The van der Waals surface area contributed by atoms with Gasteiger partial charge in [-0.15, -0.1) is 11.3 Å². The molecule has 15 heavy (non-hydrogen) atoms. The molecule has 0 aromatic carbocycles. The summed E-state index contributed by atoms with van der Waals surface area (Å²) in [4.78, 5) is 9.08. The van der Waals surface area contributed by atoms with Gasteiger partial charge in [-0.25, -0.2) is 0 Å². The predicted molar refractivity (Wildman–Crippen MR) is 59.8 cm³/mol. The smallest absolute Gasteiger partial charge is 0.0953 e. The van der Waals surface area contributed by atoms with Crippen LogP contribution in [0, 0.1) is 6.92 Å². The molecule has 3 nitrogen and oxygen atoms in total. The van der Waals surface area contributed by atoms with Crippen LogP contribution in [-0.4, -0.2) is 15.1 Å². The maximum atomic E-state index is 9.86. The molecule has 0 amide bonds. The summed E-state index contributed by atoms with van der Waals surface area (Å²) in [5.41, 5.74) is 3.76. The van der Waals surface area contributed by atoms with Gasteiger partial charge in [0.1, 0.15) is 0 Å². The number of aryl methyl sites for hydroxylation is 1. The van der Waals surface area contributed by atoms with Crippen LogP contribution in [0.3, 0.4) is 0 Å². The van der Waals surface area contributed by atoms with Crippen molar-refractivity contribution in [1.82, 2.24) is 9.97 Å². The Morgan fingerprint density at radius 3 is 2.87 bits per heavy atom. The molecule has 1 unspecified atom stereocenters. The molecule has 2 aromatic rings. The van der Waals surface area contributed by atoms with Gasteiger partial charge < -0.3 is 5.11 Å². The monoisotopic (exact) mass is 220 g/mol. The van der Waals surface area contributed by atoms with Crippen LogP contribution in [0.5, 0.6) is 0 Å². The summed E-state index contributed by atoms with van der Waals surface area (Å²) >= 11 is 1.46. The first kappa shape index (κ1) is 10.3. The third-order valence-corrected chi connectivity index (χ3v) is 3.03. The molecule has 0 aliphatic carbocycles. The lowest BCUT2D eigenvalue weighted by molar-refractivity contribution is 0.181. The number of aliphatic hydroxyl groups is 1. The summed E-state index contributed by atoms with van der Waals surface area (Å²) < 4.78 is 0. The SMILES string of the molecule is Cc1ccc(CC(O)c2cncs2)nc1. The van der Waals surface area contributed by atoms with E-state index in [9.17, 15) is 5.11 Å². The lowest BCUT2D eigenvalue weighted by Gasteiger charge is -2.07. The Bertz CT molecular complexity index is 411. The summed E-state index contributed by atoms with van der Waals surface area (Å²) in [5, 5.41) is 9.86. The highest BCUT2D eigenvalue weighted by atomic mass is 32.1. The van der Waals surface area contributed by atoms with E-state index in [4.69, 9.17) is 0 Å². The van der Waals surface area contributed by atoms with Crippen LogP contribution < -0.4 is 0 Å². The second kappa shape index (κ2) is 4.51. The predicted octanol–water partition coefficient (Wildman–Crippen LogP) is 2.12. The topological polar surface area (TPSA) is 46.0 Å². The van der Waals surface area contributed by atoms with E-state index in [1.54, 1.807) is 11.7 Å². The summed E-state index contributed by atoms with van der Waals surface area (Å²) in [5.74, 6) is 0. The van der Waals surface area contributed by atoms with Crippen molar-refractivity contribution in [3.63, 3.8) is 0 Å². The fraction of sp³-hybridized carbons (Fsp3) is 0.273. The van der Waals surface area contributed by atoms with Gasteiger partial charge in [-0.1, -0.05) is 6.07 Å². The van der Waals surface area contributed by atoms with Crippen molar-refractivity contribution in [1.29, 1.82) is 0 Å². The fourth-order valence-electron chi connectivity index (χ4n) is 1.31. The highest BCUT2D eigenvalue weighted by molar-refractivity contribution is 7.09. The third kappa shape index (κ3) is 2.61. The van der Waals surface area contributed by atoms with Crippen molar-refractivity contribution < 1.29 is 5.11 Å². The first-order valence-corrected chi connectivity index (χ1v) is 5.61. The molecule has 0 saturated heterocycles. The zero-order chi connectivity index (χ0) is 10.7. The standard InChI is InChI=1S/C11H12N2OS/c1-8-2-3-9(13-5-8)4-10(14)11-6-12-7-15-11/h2-3,5-7,10,14H,4H2,1H3. The van der Waals surface area contributed by atoms with Gasteiger partial charge in [0.25, 0.3) is 0 Å². The molecule has 0 saturated carbocycles. The van der Waals surface area contributed by atoms with Crippen LogP contribution in [0.2, 0.25) is 0 Å². The number of pyridine rings is 1. The Hall–Kier alpha value is -1.26. The van der Waals surface area contributed by atoms with Gasteiger partial charge in [-0.3, -0.25) is 9.97 Å². The molecule has 0 aliphatic rings. The first-order chi connectivity index (χ1) is 7.25. The minimum atomic E-state index is -0.493. The van der Waals surface area contributed by atoms with Gasteiger partial charge in [0.15, 0.2) is 0 Å². The highest BCUT2D eigenvalue weighted by Gasteiger charge is 2.10. The van der Waals surface area contributed by atoms with Crippen LogP contribution >= 0.6 is 11.3 Å². The van der Waals surface area contributed by atoms with Crippen LogP contribution in [0.4, 0.5) is 0 Å². The number of thiazole rings is 1. The Kier molecular flexibility index (Phi) is 3.08. The Morgan fingerprint density at radius 1 is 1.40 bits per heavy atom. The van der Waals surface area contributed by atoms with Crippen molar-refractivity contribution in [2.45, 2.75) is 19.4 Å². The molecule has 2 aromatic heterocycles. The lowest BCUT2D eigenvalue weighted by Crippen LogP contribution is -2.01. The van der Waals surface area contributed by atoms with E-state index in [-0.39, 0.29) is 0 Å². The maximum Gasteiger partial charge on any atom is 0.0953 e. The zero-order valence-corrected chi connectivity index (χ0v) is 9.24. The van der Waals surface area contributed by atoms with Crippen LogP contribution in [0.15, 0.2) is 30.0 Å². The van der Waals surface area contributed by atoms with Gasteiger partial charge in [0, 0.05) is 24.5 Å². The van der Waals surface area contributed by atoms with E-state index >= 15 is 0 Å². The van der Waals surface area contributed by atoms with Gasteiger partial charge in [0.2, 0.25) is 0 Å². The van der Waals surface area contributed by atoms with Crippen molar-refractivity contribution in [2.24, 2.45) is 0 Å². The van der Waals surface area contributed by atoms with E-state index in [0.29, 0.717) is 6.42 Å². The maximum absolute atomic E-state index is 9.86. The summed E-state index contributed by atoms with van der Waals surface area (Å²) in [6.45, 7) is 2.00. The summed E-state index contributed by atoms with van der Waals surface area (Å²) in [7, 11) is 0. The molecule has 0 spiro atoms. The van der Waals surface area contributed by atoms with E-state index < -0.39 is 6.10 Å². The number of hydrogen-bond acceptors (Lipinski definition) is 4. The molecular weight excluding hydrogens is 208 g/mol. The average Bonchev–Trinajstić information content (AvgIpc) is 2.74. The van der Waals surface area contributed by atoms with Crippen LogP contribution in [0.25, 0.3) is 0 Å². The third-order valence-electron chi connectivity index (χ3n) is 2.15. The molecule has 4 heteroatoms. The number of rotatable bonds is 3. The Balaban J connectivity index is 2.06. The number of aliphatic hydroxyl groups excluding tert-OH is 1. The molecule has 2 heterocycles. The summed E-state index contributed by atoms with van der Waals surface area (Å²) in [6, 6.07) is 3.95. The quantitative estimate of drug-likeness (QED) is 0.861. The van der Waals surface area contributed by atoms with Gasteiger partial charge in [-0.05, 0) is 18.6 Å². The van der Waals surface area contributed by atoms with Crippen molar-refractivity contribution in [2.75, 3.05) is 0 Å². The van der Waals surface area contributed by atoms with Gasteiger partial charge in [-0.2, -0.15) is 0 Å². The van der Waals surface area contributed by atoms with Gasteiger partial charge >= 0.3 is 0 Å². The normalized spacial score (nSPS) is 12.7.